The molecule has 152 valence electrons. The summed E-state index contributed by atoms with van der Waals surface area (Å²) in [6.45, 7) is 0. The molecular weight excluding hydrogens is 408 g/mol. The molecule has 8 nitrogen and oxygen atoms in total. The molecule has 0 aliphatic rings. The summed E-state index contributed by atoms with van der Waals surface area (Å²) in [5, 5.41) is 24.5. The van der Waals surface area contributed by atoms with Gasteiger partial charge in [-0.1, -0.05) is 28.9 Å². The topological polar surface area (TPSA) is 138 Å². The number of nitrogens with zero attached hydrogens (tertiary/aromatic N) is 2. The molecule has 1 aromatic heterocycles. The number of nitrogens with one attached hydrogen (secondary N) is 1. The average molecular weight is 425 g/mol. The molecule has 1 heterocycles. The van der Waals surface area contributed by atoms with Crippen molar-refractivity contribution in [3.8, 4) is 5.75 Å². The Morgan fingerprint density at radius 1 is 1.07 bits per heavy atom. The van der Waals surface area contributed by atoms with Crippen LogP contribution in [0.4, 0.5) is 5.69 Å². The third-order valence-corrected chi connectivity index (χ3v) is 4.46. The standard InChI is InChI=1S/C21H17ClN4O4/c22-14-5-6-15(24-11-14)9-19(28)17-10-16(27)7-8-18(17)25-21(29)13-3-1-12(2-4-13)20(23)26-30/h1-8,10-11,27,30H,9H2,(H2,23,26)(H,25,29). The van der Waals surface area contributed by atoms with E-state index in [4.69, 9.17) is 22.5 Å². The van der Waals surface area contributed by atoms with Crippen LogP contribution in [0.1, 0.15) is 32.0 Å². The second-order valence-corrected chi connectivity index (χ2v) is 6.75. The van der Waals surface area contributed by atoms with Gasteiger partial charge in [0.2, 0.25) is 0 Å². The third kappa shape index (κ3) is 4.92. The lowest BCUT2D eigenvalue weighted by Gasteiger charge is -2.11. The minimum Gasteiger partial charge on any atom is -0.508 e. The van der Waals surface area contributed by atoms with Crippen molar-refractivity contribution >= 4 is 34.8 Å². The van der Waals surface area contributed by atoms with Gasteiger partial charge in [-0.05, 0) is 42.5 Å². The zero-order valence-corrected chi connectivity index (χ0v) is 16.3. The monoisotopic (exact) mass is 424 g/mol. The fourth-order valence-corrected chi connectivity index (χ4v) is 2.80. The van der Waals surface area contributed by atoms with E-state index < -0.39 is 5.91 Å². The molecule has 0 aliphatic heterocycles. The van der Waals surface area contributed by atoms with Crippen LogP contribution >= 0.6 is 11.6 Å². The first-order valence-electron chi connectivity index (χ1n) is 8.73. The molecule has 9 heteroatoms. The highest BCUT2D eigenvalue weighted by atomic mass is 35.5. The van der Waals surface area contributed by atoms with Gasteiger partial charge in [-0.25, -0.2) is 0 Å². The zero-order chi connectivity index (χ0) is 21.7. The quantitative estimate of drug-likeness (QED) is 0.120. The number of hydrogen-bond acceptors (Lipinski definition) is 6. The first-order valence-corrected chi connectivity index (χ1v) is 9.11. The zero-order valence-electron chi connectivity index (χ0n) is 15.5. The third-order valence-electron chi connectivity index (χ3n) is 4.23. The molecule has 0 aliphatic carbocycles. The van der Waals surface area contributed by atoms with E-state index in [1.165, 1.54) is 48.7 Å². The predicted octanol–water partition coefficient (Wildman–Crippen LogP) is 3.21. The summed E-state index contributed by atoms with van der Waals surface area (Å²) < 4.78 is 0. The van der Waals surface area contributed by atoms with Gasteiger partial charge < -0.3 is 21.4 Å². The second-order valence-electron chi connectivity index (χ2n) is 6.31. The number of pyridine rings is 1. The number of benzene rings is 2. The highest BCUT2D eigenvalue weighted by Gasteiger charge is 2.17. The van der Waals surface area contributed by atoms with Gasteiger partial charge in [0, 0.05) is 28.6 Å². The van der Waals surface area contributed by atoms with Crippen molar-refractivity contribution in [2.24, 2.45) is 10.9 Å². The smallest absolute Gasteiger partial charge is 0.255 e. The van der Waals surface area contributed by atoms with E-state index in [9.17, 15) is 14.7 Å². The fourth-order valence-electron chi connectivity index (χ4n) is 2.69. The van der Waals surface area contributed by atoms with Crippen molar-refractivity contribution in [2.45, 2.75) is 6.42 Å². The van der Waals surface area contributed by atoms with Crippen molar-refractivity contribution in [1.82, 2.24) is 4.98 Å². The number of aromatic nitrogens is 1. The maximum absolute atomic E-state index is 12.8. The maximum atomic E-state index is 12.8. The number of rotatable bonds is 6. The molecule has 3 aromatic rings. The number of phenols is 1. The van der Waals surface area contributed by atoms with E-state index in [2.05, 4.69) is 15.5 Å². The Balaban J connectivity index is 1.81. The number of phenolic OH excluding ortho intramolecular Hbond substituents is 1. The molecule has 5 N–H and O–H groups in total. The lowest BCUT2D eigenvalue weighted by molar-refractivity contribution is 0.0992. The summed E-state index contributed by atoms with van der Waals surface area (Å²) in [6, 6.07) is 13.4. The summed E-state index contributed by atoms with van der Waals surface area (Å²) in [5.74, 6) is -0.989. The van der Waals surface area contributed by atoms with Crippen LogP contribution in [0.5, 0.6) is 5.75 Å². The Morgan fingerprint density at radius 2 is 1.77 bits per heavy atom. The molecule has 0 unspecified atom stereocenters. The van der Waals surface area contributed by atoms with Gasteiger partial charge in [0.05, 0.1) is 17.1 Å². The Kier molecular flexibility index (Phi) is 6.29. The molecule has 0 radical (unpaired) electrons. The summed E-state index contributed by atoms with van der Waals surface area (Å²) in [4.78, 5) is 29.4. The SMILES string of the molecule is N/C(=N/O)c1ccc(C(=O)Nc2ccc(O)cc2C(=O)Cc2ccc(Cl)cn2)cc1. The van der Waals surface area contributed by atoms with E-state index in [1.54, 1.807) is 12.1 Å². The Morgan fingerprint density at radius 3 is 2.40 bits per heavy atom. The van der Waals surface area contributed by atoms with Crippen LogP contribution in [0.3, 0.4) is 0 Å². The number of oxime groups is 1. The predicted molar refractivity (Wildman–Crippen MR) is 112 cm³/mol. The van der Waals surface area contributed by atoms with E-state index in [0.29, 0.717) is 21.8 Å². The molecule has 30 heavy (non-hydrogen) atoms. The number of aromatic hydroxyl groups is 1. The number of carbonyl (C=O) groups excluding carboxylic acids is 2. The Hall–Kier alpha value is -3.91. The van der Waals surface area contributed by atoms with Gasteiger partial charge in [0.25, 0.3) is 5.91 Å². The molecule has 2 aromatic carbocycles. The lowest BCUT2D eigenvalue weighted by atomic mass is 10.0. The molecule has 0 spiro atoms. The molecule has 0 saturated heterocycles. The van der Waals surface area contributed by atoms with Crippen LogP contribution in [0.15, 0.2) is 65.9 Å². The normalized spacial score (nSPS) is 11.2. The molecule has 0 bridgehead atoms. The Bertz CT molecular complexity index is 1110. The lowest BCUT2D eigenvalue weighted by Crippen LogP contribution is -2.17. The number of hydrogen-bond donors (Lipinski definition) is 4. The molecule has 0 atom stereocenters. The summed E-state index contributed by atoms with van der Waals surface area (Å²) in [7, 11) is 0. The van der Waals surface area contributed by atoms with E-state index in [1.807, 2.05) is 0 Å². The van der Waals surface area contributed by atoms with E-state index in [-0.39, 0.29) is 35.0 Å². The summed E-state index contributed by atoms with van der Waals surface area (Å²) in [5.41, 5.74) is 7.16. The number of Topliss-reactive ketones (excluding diaryl/α,β-unsaturated/α-hetero) is 1. The molecule has 3 rings (SSSR count). The maximum Gasteiger partial charge on any atom is 0.255 e. The van der Waals surface area contributed by atoms with Gasteiger partial charge in [0.15, 0.2) is 11.6 Å². The van der Waals surface area contributed by atoms with Crippen molar-refractivity contribution in [2.75, 3.05) is 5.32 Å². The minimum absolute atomic E-state index is 0.0298. The minimum atomic E-state index is -0.467. The van der Waals surface area contributed by atoms with Gasteiger partial charge in [-0.3, -0.25) is 14.6 Å². The highest BCUT2D eigenvalue weighted by Crippen LogP contribution is 2.24. The van der Waals surface area contributed by atoms with Crippen molar-refractivity contribution in [1.29, 1.82) is 0 Å². The molecule has 0 saturated carbocycles. The van der Waals surface area contributed by atoms with Crippen LogP contribution in [-0.4, -0.2) is 32.8 Å². The number of ketones is 1. The first kappa shape index (κ1) is 20.8. The fraction of sp³-hybridized carbons (Fsp3) is 0.0476. The van der Waals surface area contributed by atoms with Crippen LogP contribution in [0.2, 0.25) is 5.02 Å². The van der Waals surface area contributed by atoms with Crippen LogP contribution < -0.4 is 11.1 Å². The number of halogens is 1. The molecular formula is C21H17ClN4O4. The first-order chi connectivity index (χ1) is 14.4. The van der Waals surface area contributed by atoms with Crippen LogP contribution in [-0.2, 0) is 6.42 Å². The van der Waals surface area contributed by atoms with Gasteiger partial charge in [-0.15, -0.1) is 0 Å². The van der Waals surface area contributed by atoms with Gasteiger partial charge in [0.1, 0.15) is 5.75 Å². The van der Waals surface area contributed by atoms with Gasteiger partial charge >= 0.3 is 0 Å². The number of amidine groups is 1. The highest BCUT2D eigenvalue weighted by molar-refractivity contribution is 6.30. The largest absolute Gasteiger partial charge is 0.508 e. The number of carbonyl (C=O) groups is 2. The molecule has 1 amide bonds. The van der Waals surface area contributed by atoms with E-state index in [0.717, 1.165) is 0 Å². The van der Waals surface area contributed by atoms with E-state index >= 15 is 0 Å². The van der Waals surface area contributed by atoms with Gasteiger partial charge in [-0.2, -0.15) is 0 Å². The molecule has 0 fully saturated rings. The number of nitrogens with two attached hydrogens (primary N) is 1. The number of anilines is 1. The van der Waals surface area contributed by atoms with Crippen LogP contribution in [0.25, 0.3) is 0 Å². The van der Waals surface area contributed by atoms with Crippen molar-refractivity contribution in [3.05, 3.63) is 88.2 Å². The van der Waals surface area contributed by atoms with Crippen molar-refractivity contribution in [3.63, 3.8) is 0 Å². The second kappa shape index (κ2) is 9.06. The Labute approximate surface area is 176 Å². The average Bonchev–Trinajstić information content (AvgIpc) is 2.76. The number of amides is 1. The summed E-state index contributed by atoms with van der Waals surface area (Å²) in [6.07, 6.45) is 1.41. The summed E-state index contributed by atoms with van der Waals surface area (Å²) >= 11 is 5.81. The van der Waals surface area contributed by atoms with Crippen LogP contribution in [0, 0.1) is 0 Å². The van der Waals surface area contributed by atoms with Crippen molar-refractivity contribution < 1.29 is 19.9 Å².